The molecule has 0 aliphatic rings. The van der Waals surface area contributed by atoms with E-state index in [4.69, 9.17) is 14.2 Å². The van der Waals surface area contributed by atoms with Crippen molar-refractivity contribution in [1.29, 1.82) is 0 Å². The Balaban J connectivity index is 1.82. The number of methoxy groups -OCH3 is 3. The van der Waals surface area contributed by atoms with E-state index in [1.165, 1.54) is 44.2 Å². The van der Waals surface area contributed by atoms with Crippen LogP contribution >= 0.6 is 11.3 Å². The second-order valence-corrected chi connectivity index (χ2v) is 10.7. The SMILES string of the molecule is COc1cccc(OC)c1-n1c(NS(=O)(=O)[C@H](C)[C@H](OC)c2ncc(F)cn2)nnc1-c1nc(C)cs1. The Hall–Kier alpha value is -3.69. The molecule has 0 fully saturated rings. The topological polar surface area (TPSA) is 143 Å². The summed E-state index contributed by atoms with van der Waals surface area (Å²) < 4.78 is 60.7. The van der Waals surface area contributed by atoms with Gasteiger partial charge in [0.05, 0.1) is 26.6 Å². The van der Waals surface area contributed by atoms with E-state index in [9.17, 15) is 12.8 Å². The molecule has 15 heteroatoms. The molecule has 0 spiro atoms. The lowest BCUT2D eigenvalue weighted by atomic mass is 10.2. The van der Waals surface area contributed by atoms with Crippen molar-refractivity contribution in [2.24, 2.45) is 0 Å². The summed E-state index contributed by atoms with van der Waals surface area (Å²) in [5.41, 5.74) is 1.13. The molecule has 12 nitrogen and oxygen atoms in total. The van der Waals surface area contributed by atoms with Crippen LogP contribution in [0.3, 0.4) is 0 Å². The normalized spacial score (nSPS) is 13.2. The minimum atomic E-state index is -4.19. The van der Waals surface area contributed by atoms with E-state index in [2.05, 4.69) is 29.9 Å². The summed E-state index contributed by atoms with van der Waals surface area (Å²) in [5, 5.41) is 9.49. The van der Waals surface area contributed by atoms with E-state index in [0.29, 0.717) is 22.2 Å². The molecule has 3 aromatic heterocycles. The maximum absolute atomic E-state index is 13.5. The van der Waals surface area contributed by atoms with Gasteiger partial charge in [-0.2, -0.15) is 0 Å². The third kappa shape index (κ3) is 5.23. The fraction of sp³-hybridized carbons (Fsp3) is 0.318. The van der Waals surface area contributed by atoms with Crippen LogP contribution in [0, 0.1) is 12.7 Å². The highest BCUT2D eigenvalue weighted by molar-refractivity contribution is 7.93. The standard InChI is InChI=1S/C22H24FN7O5S2/c1-12-11-36-21(26-12)20-27-28-22(30(20)17-15(33-3)7-6-8-16(17)34-4)29-37(31,32)13(2)18(35-5)19-24-9-14(23)10-25-19/h6-11,13,18H,1-5H3,(H,28,29)/t13-,18+/m1/s1. The van der Waals surface area contributed by atoms with Gasteiger partial charge in [0.25, 0.3) is 0 Å². The first-order valence-electron chi connectivity index (χ1n) is 10.8. The molecule has 1 aromatic carbocycles. The van der Waals surface area contributed by atoms with E-state index in [1.807, 2.05) is 12.3 Å². The van der Waals surface area contributed by atoms with Crippen molar-refractivity contribution in [2.45, 2.75) is 25.2 Å². The average Bonchev–Trinajstić information content (AvgIpc) is 3.50. The highest BCUT2D eigenvalue weighted by Gasteiger charge is 2.35. The van der Waals surface area contributed by atoms with E-state index in [0.717, 1.165) is 18.1 Å². The smallest absolute Gasteiger partial charge is 0.243 e. The van der Waals surface area contributed by atoms with Gasteiger partial charge in [0.15, 0.2) is 22.5 Å². The second-order valence-electron chi connectivity index (χ2n) is 7.76. The largest absolute Gasteiger partial charge is 0.494 e. The molecule has 0 amide bonds. The Bertz CT molecular complexity index is 1470. The molecule has 2 atom stereocenters. The Morgan fingerprint density at radius 1 is 1.08 bits per heavy atom. The number of thiazole rings is 1. The average molecular weight is 550 g/mol. The Kier molecular flexibility index (Phi) is 7.65. The molecule has 0 unspecified atom stereocenters. The number of para-hydroxylation sites is 1. The number of ether oxygens (including phenoxy) is 3. The molecule has 0 aliphatic heterocycles. The molecule has 4 aromatic rings. The molecular formula is C22H24FN7O5S2. The zero-order chi connectivity index (χ0) is 26.7. The number of nitrogens with zero attached hydrogens (tertiary/aromatic N) is 6. The van der Waals surface area contributed by atoms with Gasteiger partial charge in [0.1, 0.15) is 28.5 Å². The van der Waals surface area contributed by atoms with E-state index in [-0.39, 0.29) is 17.6 Å². The first-order valence-corrected chi connectivity index (χ1v) is 13.2. The molecule has 0 saturated heterocycles. The molecule has 0 bridgehead atoms. The van der Waals surface area contributed by atoms with Crippen LogP contribution in [0.15, 0.2) is 36.0 Å². The number of halogens is 1. The molecule has 0 saturated carbocycles. The van der Waals surface area contributed by atoms with Crippen molar-refractivity contribution < 1.29 is 27.0 Å². The van der Waals surface area contributed by atoms with Gasteiger partial charge in [0, 0.05) is 18.2 Å². The molecule has 4 rings (SSSR count). The monoisotopic (exact) mass is 549 g/mol. The number of nitrogens with one attached hydrogen (secondary N) is 1. The zero-order valence-corrected chi connectivity index (χ0v) is 22.2. The number of sulfonamides is 1. The van der Waals surface area contributed by atoms with Gasteiger partial charge in [-0.1, -0.05) is 6.07 Å². The van der Waals surface area contributed by atoms with Crippen LogP contribution < -0.4 is 14.2 Å². The van der Waals surface area contributed by atoms with Crippen molar-refractivity contribution in [3.63, 3.8) is 0 Å². The first kappa shape index (κ1) is 26.4. The predicted octanol–water partition coefficient (Wildman–Crippen LogP) is 3.16. The number of hydrogen-bond acceptors (Lipinski definition) is 11. The van der Waals surface area contributed by atoms with Crippen molar-refractivity contribution >= 4 is 27.3 Å². The van der Waals surface area contributed by atoms with E-state index < -0.39 is 27.2 Å². The molecule has 196 valence electrons. The lowest BCUT2D eigenvalue weighted by Gasteiger charge is -2.22. The van der Waals surface area contributed by atoms with E-state index in [1.54, 1.807) is 18.2 Å². The highest BCUT2D eigenvalue weighted by Crippen LogP contribution is 2.38. The van der Waals surface area contributed by atoms with Gasteiger partial charge >= 0.3 is 0 Å². The fourth-order valence-corrected chi connectivity index (χ4v) is 5.47. The summed E-state index contributed by atoms with van der Waals surface area (Å²) in [6.45, 7) is 3.25. The summed E-state index contributed by atoms with van der Waals surface area (Å²) in [6, 6.07) is 5.13. The van der Waals surface area contributed by atoms with Gasteiger partial charge in [0.2, 0.25) is 16.0 Å². The van der Waals surface area contributed by atoms with Crippen LogP contribution in [0.1, 0.15) is 24.5 Å². The highest BCUT2D eigenvalue weighted by atomic mass is 32.2. The molecular weight excluding hydrogens is 525 g/mol. The third-order valence-corrected chi connectivity index (χ3v) is 8.05. The number of aromatic nitrogens is 6. The number of aryl methyl sites for hydroxylation is 1. The minimum absolute atomic E-state index is 0.00795. The molecule has 37 heavy (non-hydrogen) atoms. The van der Waals surface area contributed by atoms with Gasteiger partial charge < -0.3 is 14.2 Å². The number of benzene rings is 1. The van der Waals surface area contributed by atoms with E-state index >= 15 is 0 Å². The summed E-state index contributed by atoms with van der Waals surface area (Å²) >= 11 is 1.32. The molecule has 0 aliphatic carbocycles. The van der Waals surface area contributed by atoms with Crippen molar-refractivity contribution in [1.82, 2.24) is 29.7 Å². The van der Waals surface area contributed by atoms with Gasteiger partial charge in [-0.15, -0.1) is 21.5 Å². The number of anilines is 1. The number of hydrogen-bond donors (Lipinski definition) is 1. The Morgan fingerprint density at radius 2 is 1.73 bits per heavy atom. The first-order chi connectivity index (χ1) is 17.7. The second kappa shape index (κ2) is 10.7. The summed E-state index contributed by atoms with van der Waals surface area (Å²) in [6.07, 6.45) is 0.776. The van der Waals surface area contributed by atoms with Gasteiger partial charge in [-0.25, -0.2) is 27.8 Å². The minimum Gasteiger partial charge on any atom is -0.494 e. The zero-order valence-electron chi connectivity index (χ0n) is 20.5. The lowest BCUT2D eigenvalue weighted by molar-refractivity contribution is 0.0948. The summed E-state index contributed by atoms with van der Waals surface area (Å²) in [5.74, 6) is 0.266. The Morgan fingerprint density at radius 3 is 2.27 bits per heavy atom. The van der Waals surface area contributed by atoms with Crippen LogP contribution in [0.4, 0.5) is 10.3 Å². The Labute approximate surface area is 216 Å². The van der Waals surface area contributed by atoms with Gasteiger partial charge in [-0.3, -0.25) is 9.29 Å². The van der Waals surface area contributed by atoms with Crippen LogP contribution in [0.5, 0.6) is 11.5 Å². The van der Waals surface area contributed by atoms with Crippen LogP contribution in [-0.2, 0) is 14.8 Å². The molecule has 3 heterocycles. The summed E-state index contributed by atoms with van der Waals surface area (Å²) in [7, 11) is 0.0867. The fourth-order valence-electron chi connectivity index (χ4n) is 3.57. The lowest BCUT2D eigenvalue weighted by Crippen LogP contribution is -2.33. The van der Waals surface area contributed by atoms with Gasteiger partial charge in [-0.05, 0) is 26.0 Å². The predicted molar refractivity (Wildman–Crippen MR) is 134 cm³/mol. The number of rotatable bonds is 10. The molecule has 0 radical (unpaired) electrons. The van der Waals surface area contributed by atoms with Crippen LogP contribution in [0.25, 0.3) is 16.5 Å². The quantitative estimate of drug-likeness (QED) is 0.313. The van der Waals surface area contributed by atoms with Crippen LogP contribution in [0.2, 0.25) is 0 Å². The third-order valence-electron chi connectivity index (χ3n) is 5.40. The van der Waals surface area contributed by atoms with Crippen molar-refractivity contribution in [3.05, 3.63) is 53.3 Å². The molecule has 1 N–H and O–H groups in total. The maximum atomic E-state index is 13.5. The van der Waals surface area contributed by atoms with Crippen molar-refractivity contribution in [2.75, 3.05) is 26.1 Å². The maximum Gasteiger partial charge on any atom is 0.243 e. The van der Waals surface area contributed by atoms with Crippen molar-refractivity contribution in [3.8, 4) is 28.0 Å². The summed E-state index contributed by atoms with van der Waals surface area (Å²) in [4.78, 5) is 12.2. The van der Waals surface area contributed by atoms with Crippen LogP contribution in [-0.4, -0.2) is 64.7 Å².